The summed E-state index contributed by atoms with van der Waals surface area (Å²) in [6.07, 6.45) is 6.37. The van der Waals surface area contributed by atoms with Crippen LogP contribution in [0.4, 0.5) is 0 Å². The van der Waals surface area contributed by atoms with Crippen LogP contribution in [-0.4, -0.2) is 24.8 Å². The summed E-state index contributed by atoms with van der Waals surface area (Å²) < 4.78 is 11.5. The van der Waals surface area contributed by atoms with Crippen LogP contribution in [-0.2, 0) is 15.6 Å². The minimum absolute atomic E-state index is 0.0366. The van der Waals surface area contributed by atoms with E-state index in [0.717, 1.165) is 34.6 Å². The molecule has 1 saturated carbocycles. The molecule has 0 radical (unpaired) electrons. The van der Waals surface area contributed by atoms with Gasteiger partial charge in [-0.05, 0) is 59.6 Å². The standard InChI is InChI=1S/C27H30O4/c1-17(12-24(28)29)6-9-19-15-27(19,4)20-13-22(18-7-10-21(30-5)11-8-18)25-23(14-20)26(2,3)16-31-25/h6-14,19H,15-16H2,1-5H3,(H,28,29)/t19-,27+/m1/s1. The normalized spacial score (nSPS) is 24.0. The summed E-state index contributed by atoms with van der Waals surface area (Å²) in [5.41, 5.74) is 5.56. The fraction of sp³-hybridized carbons (Fsp3) is 0.370. The highest BCUT2D eigenvalue weighted by Gasteiger charge is 2.50. The van der Waals surface area contributed by atoms with E-state index in [1.54, 1.807) is 7.11 Å². The van der Waals surface area contributed by atoms with Gasteiger partial charge in [0.15, 0.2) is 0 Å². The molecule has 0 amide bonds. The lowest BCUT2D eigenvalue weighted by molar-refractivity contribution is -0.131. The third-order valence-electron chi connectivity index (χ3n) is 6.70. The van der Waals surface area contributed by atoms with Gasteiger partial charge < -0.3 is 14.6 Å². The zero-order valence-corrected chi connectivity index (χ0v) is 18.9. The first-order valence-electron chi connectivity index (χ1n) is 10.7. The molecule has 1 fully saturated rings. The number of benzene rings is 2. The van der Waals surface area contributed by atoms with Crippen molar-refractivity contribution in [3.05, 3.63) is 71.3 Å². The van der Waals surface area contributed by atoms with E-state index in [1.807, 2.05) is 25.1 Å². The van der Waals surface area contributed by atoms with Gasteiger partial charge in [-0.15, -0.1) is 0 Å². The molecule has 0 spiro atoms. The lowest BCUT2D eigenvalue weighted by Gasteiger charge is -2.20. The summed E-state index contributed by atoms with van der Waals surface area (Å²) >= 11 is 0. The Hall–Kier alpha value is -3.01. The number of ether oxygens (including phenoxy) is 2. The monoisotopic (exact) mass is 418 g/mol. The maximum atomic E-state index is 10.9. The van der Waals surface area contributed by atoms with E-state index in [1.165, 1.54) is 17.2 Å². The molecular weight excluding hydrogens is 388 g/mol. The maximum Gasteiger partial charge on any atom is 0.328 e. The van der Waals surface area contributed by atoms with Gasteiger partial charge in [-0.1, -0.05) is 51.1 Å². The molecule has 1 aliphatic carbocycles. The molecule has 0 unspecified atom stereocenters. The molecule has 0 bridgehead atoms. The number of fused-ring (bicyclic) bond motifs is 1. The molecule has 2 aromatic carbocycles. The minimum atomic E-state index is -0.911. The van der Waals surface area contributed by atoms with Gasteiger partial charge in [-0.3, -0.25) is 0 Å². The summed E-state index contributed by atoms with van der Waals surface area (Å²) in [6, 6.07) is 12.7. The average Bonchev–Trinajstić information content (AvgIpc) is 3.30. The smallest absolute Gasteiger partial charge is 0.328 e. The molecule has 2 atom stereocenters. The number of allylic oxidation sites excluding steroid dienone is 3. The van der Waals surface area contributed by atoms with E-state index in [2.05, 4.69) is 51.1 Å². The van der Waals surface area contributed by atoms with E-state index in [9.17, 15) is 4.79 Å². The molecule has 2 aliphatic rings. The lowest BCUT2D eigenvalue weighted by atomic mass is 9.81. The minimum Gasteiger partial charge on any atom is -0.497 e. The Balaban J connectivity index is 1.72. The fourth-order valence-corrected chi connectivity index (χ4v) is 4.45. The van der Waals surface area contributed by atoms with Crippen molar-refractivity contribution in [2.45, 2.75) is 44.9 Å². The van der Waals surface area contributed by atoms with Crippen LogP contribution in [0.3, 0.4) is 0 Å². The number of hydrogen-bond donors (Lipinski definition) is 1. The molecule has 4 heteroatoms. The van der Waals surface area contributed by atoms with Crippen molar-refractivity contribution in [3.8, 4) is 22.6 Å². The van der Waals surface area contributed by atoms with Crippen LogP contribution in [0.1, 0.15) is 45.2 Å². The zero-order valence-electron chi connectivity index (χ0n) is 18.9. The van der Waals surface area contributed by atoms with Crippen LogP contribution in [0.2, 0.25) is 0 Å². The van der Waals surface area contributed by atoms with Crippen molar-refractivity contribution in [1.82, 2.24) is 0 Å². The third kappa shape index (κ3) is 3.99. The first-order chi connectivity index (χ1) is 14.6. The van der Waals surface area contributed by atoms with E-state index in [0.29, 0.717) is 12.5 Å². The van der Waals surface area contributed by atoms with E-state index in [4.69, 9.17) is 14.6 Å². The summed E-state index contributed by atoms with van der Waals surface area (Å²) in [4.78, 5) is 10.9. The predicted molar refractivity (Wildman–Crippen MR) is 123 cm³/mol. The zero-order chi connectivity index (χ0) is 22.4. The molecule has 31 heavy (non-hydrogen) atoms. The lowest BCUT2D eigenvalue weighted by Crippen LogP contribution is -2.18. The van der Waals surface area contributed by atoms with Crippen molar-refractivity contribution in [1.29, 1.82) is 0 Å². The number of rotatable bonds is 6. The van der Waals surface area contributed by atoms with Crippen LogP contribution < -0.4 is 9.47 Å². The van der Waals surface area contributed by atoms with E-state index in [-0.39, 0.29) is 10.8 Å². The maximum absolute atomic E-state index is 10.9. The van der Waals surface area contributed by atoms with Gasteiger partial charge in [0, 0.05) is 22.6 Å². The van der Waals surface area contributed by atoms with Crippen molar-refractivity contribution < 1.29 is 19.4 Å². The van der Waals surface area contributed by atoms with Crippen molar-refractivity contribution in [3.63, 3.8) is 0 Å². The predicted octanol–water partition coefficient (Wildman–Crippen LogP) is 5.90. The second-order valence-electron chi connectivity index (χ2n) is 9.62. The molecule has 1 N–H and O–H groups in total. The fourth-order valence-electron chi connectivity index (χ4n) is 4.45. The van der Waals surface area contributed by atoms with Crippen molar-refractivity contribution in [2.75, 3.05) is 13.7 Å². The number of methoxy groups -OCH3 is 1. The van der Waals surface area contributed by atoms with Gasteiger partial charge in [-0.25, -0.2) is 4.79 Å². The van der Waals surface area contributed by atoms with Crippen LogP contribution in [0.15, 0.2) is 60.2 Å². The van der Waals surface area contributed by atoms with Gasteiger partial charge >= 0.3 is 5.97 Å². The first kappa shape index (κ1) is 21.2. The quantitative estimate of drug-likeness (QED) is 0.469. The van der Waals surface area contributed by atoms with E-state index < -0.39 is 5.97 Å². The van der Waals surface area contributed by atoms with Crippen LogP contribution in [0, 0.1) is 5.92 Å². The summed E-state index contributed by atoms with van der Waals surface area (Å²) in [5, 5.41) is 8.93. The van der Waals surface area contributed by atoms with Crippen molar-refractivity contribution >= 4 is 5.97 Å². The SMILES string of the molecule is COc1ccc(-c2cc([C@@]3(C)C[C@H]3C=CC(C)=CC(=O)O)cc3c2OCC3(C)C)cc1. The Morgan fingerprint density at radius 3 is 2.55 bits per heavy atom. The van der Waals surface area contributed by atoms with Gasteiger partial charge in [0.05, 0.1) is 13.7 Å². The average molecular weight is 419 g/mol. The number of aliphatic carboxylic acids is 1. The molecule has 1 aliphatic heterocycles. The van der Waals surface area contributed by atoms with Gasteiger partial charge in [0.2, 0.25) is 0 Å². The topological polar surface area (TPSA) is 55.8 Å². The van der Waals surface area contributed by atoms with Gasteiger partial charge in [-0.2, -0.15) is 0 Å². The Bertz CT molecular complexity index is 1080. The van der Waals surface area contributed by atoms with Crippen LogP contribution >= 0.6 is 0 Å². The molecule has 0 aromatic heterocycles. The van der Waals surface area contributed by atoms with Crippen LogP contribution in [0.25, 0.3) is 11.1 Å². The molecule has 2 aromatic rings. The number of hydrogen-bond acceptors (Lipinski definition) is 3. The second-order valence-corrected chi connectivity index (χ2v) is 9.62. The largest absolute Gasteiger partial charge is 0.497 e. The van der Waals surface area contributed by atoms with Crippen LogP contribution in [0.5, 0.6) is 11.5 Å². The third-order valence-corrected chi connectivity index (χ3v) is 6.70. The van der Waals surface area contributed by atoms with Gasteiger partial charge in [0.1, 0.15) is 11.5 Å². The van der Waals surface area contributed by atoms with E-state index >= 15 is 0 Å². The number of carbonyl (C=O) groups is 1. The molecule has 162 valence electrons. The Morgan fingerprint density at radius 2 is 1.90 bits per heavy atom. The van der Waals surface area contributed by atoms with Gasteiger partial charge in [0.25, 0.3) is 0 Å². The summed E-state index contributed by atoms with van der Waals surface area (Å²) in [7, 11) is 1.67. The molecule has 1 heterocycles. The summed E-state index contributed by atoms with van der Waals surface area (Å²) in [5.74, 6) is 1.29. The first-order valence-corrected chi connectivity index (χ1v) is 10.7. The molecule has 4 rings (SSSR count). The molecular formula is C27H30O4. The number of carboxylic acid groups (broad SMARTS) is 1. The Labute approximate surface area is 184 Å². The molecule has 0 saturated heterocycles. The number of carboxylic acids is 1. The highest BCUT2D eigenvalue weighted by molar-refractivity contribution is 5.81. The highest BCUT2D eigenvalue weighted by atomic mass is 16.5. The second kappa shape index (κ2) is 7.60. The Morgan fingerprint density at radius 1 is 1.19 bits per heavy atom. The molecule has 4 nitrogen and oxygen atoms in total. The van der Waals surface area contributed by atoms with Crippen molar-refractivity contribution in [2.24, 2.45) is 5.92 Å². The highest BCUT2D eigenvalue weighted by Crippen LogP contribution is 2.57. The summed E-state index contributed by atoms with van der Waals surface area (Å²) in [6.45, 7) is 9.25. The Kier molecular flexibility index (Phi) is 5.20.